The first-order valence-corrected chi connectivity index (χ1v) is 11.6. The van der Waals surface area contributed by atoms with Gasteiger partial charge < -0.3 is 14.8 Å². The Labute approximate surface area is 209 Å². The molecule has 186 valence electrons. The molecule has 9 nitrogen and oxygen atoms in total. The first-order valence-electron chi connectivity index (χ1n) is 11.6. The van der Waals surface area contributed by atoms with Gasteiger partial charge in [0.15, 0.2) is 0 Å². The van der Waals surface area contributed by atoms with Gasteiger partial charge in [-0.05, 0) is 48.7 Å². The molecular weight excluding hydrogens is 462 g/mol. The Balaban J connectivity index is 1.39. The Hall–Kier alpha value is -4.29. The van der Waals surface area contributed by atoms with Crippen molar-refractivity contribution in [1.29, 1.82) is 5.26 Å². The number of amides is 3. The van der Waals surface area contributed by atoms with E-state index in [1.807, 2.05) is 6.07 Å². The first-order chi connectivity index (χ1) is 17.4. The summed E-state index contributed by atoms with van der Waals surface area (Å²) in [6, 6.07) is 15.1. The van der Waals surface area contributed by atoms with Gasteiger partial charge in [0.25, 0.3) is 17.7 Å². The van der Waals surface area contributed by atoms with E-state index >= 15 is 0 Å². The molecule has 0 saturated heterocycles. The molecule has 1 aliphatic heterocycles. The van der Waals surface area contributed by atoms with Crippen molar-refractivity contribution in [2.45, 2.75) is 25.7 Å². The number of fused-ring (bicyclic) bond motifs is 1. The number of esters is 1. The van der Waals surface area contributed by atoms with Crippen molar-refractivity contribution in [2.75, 3.05) is 26.8 Å². The number of hydrogen-bond donors (Lipinski definition) is 1. The van der Waals surface area contributed by atoms with Crippen LogP contribution in [-0.2, 0) is 14.3 Å². The van der Waals surface area contributed by atoms with Crippen molar-refractivity contribution in [3.05, 3.63) is 70.8 Å². The fraction of sp³-hybridized carbons (Fsp3) is 0.296. The third-order valence-corrected chi connectivity index (χ3v) is 5.52. The van der Waals surface area contributed by atoms with E-state index in [1.165, 1.54) is 18.1 Å². The number of benzene rings is 2. The van der Waals surface area contributed by atoms with E-state index in [1.54, 1.807) is 48.5 Å². The van der Waals surface area contributed by atoms with Crippen LogP contribution in [0, 0.1) is 11.3 Å². The minimum atomic E-state index is -0.493. The fourth-order valence-corrected chi connectivity index (χ4v) is 3.65. The zero-order valence-electron chi connectivity index (χ0n) is 20.0. The van der Waals surface area contributed by atoms with Crippen LogP contribution in [0.4, 0.5) is 0 Å². The molecule has 2 aromatic carbocycles. The third kappa shape index (κ3) is 6.87. The molecule has 0 saturated carbocycles. The maximum atomic E-state index is 12.4. The minimum absolute atomic E-state index is 0.0444. The predicted molar refractivity (Wildman–Crippen MR) is 131 cm³/mol. The molecule has 2 aromatic rings. The Bertz CT molecular complexity index is 1160. The second-order valence-corrected chi connectivity index (χ2v) is 8.08. The molecule has 3 rings (SSSR count). The van der Waals surface area contributed by atoms with Crippen molar-refractivity contribution in [2.24, 2.45) is 0 Å². The Morgan fingerprint density at radius 2 is 1.67 bits per heavy atom. The molecule has 1 aliphatic rings. The number of nitrogens with one attached hydrogen (secondary N) is 1. The smallest absolute Gasteiger partial charge is 0.311 e. The lowest BCUT2D eigenvalue weighted by molar-refractivity contribution is -0.134. The molecule has 36 heavy (non-hydrogen) atoms. The summed E-state index contributed by atoms with van der Waals surface area (Å²) in [4.78, 5) is 50.1. The monoisotopic (exact) mass is 489 g/mol. The van der Waals surface area contributed by atoms with E-state index < -0.39 is 11.9 Å². The molecular formula is C27H27N3O6. The SMILES string of the molecule is COCCNC(=O)/C(C#N)=C/c1ccc(OC(=O)CCCCCN2C(=O)c3ccccc3C2=O)cc1. The van der Waals surface area contributed by atoms with Crippen molar-refractivity contribution in [3.63, 3.8) is 0 Å². The van der Waals surface area contributed by atoms with Gasteiger partial charge in [0.2, 0.25) is 0 Å². The third-order valence-electron chi connectivity index (χ3n) is 5.52. The van der Waals surface area contributed by atoms with Crippen LogP contribution in [-0.4, -0.2) is 55.4 Å². The zero-order valence-corrected chi connectivity index (χ0v) is 20.0. The topological polar surface area (TPSA) is 126 Å². The highest BCUT2D eigenvalue weighted by Crippen LogP contribution is 2.23. The maximum Gasteiger partial charge on any atom is 0.311 e. The van der Waals surface area contributed by atoms with Crippen LogP contribution in [0.3, 0.4) is 0 Å². The van der Waals surface area contributed by atoms with E-state index in [2.05, 4.69) is 5.32 Å². The fourth-order valence-electron chi connectivity index (χ4n) is 3.65. The van der Waals surface area contributed by atoms with Gasteiger partial charge in [0, 0.05) is 26.6 Å². The number of carbonyl (C=O) groups is 4. The number of rotatable bonds is 12. The van der Waals surface area contributed by atoms with Gasteiger partial charge in [0.05, 0.1) is 17.7 Å². The summed E-state index contributed by atoms with van der Waals surface area (Å²) in [7, 11) is 1.52. The van der Waals surface area contributed by atoms with Crippen LogP contribution in [0.2, 0.25) is 0 Å². The van der Waals surface area contributed by atoms with Gasteiger partial charge in [-0.2, -0.15) is 5.26 Å². The first kappa shape index (κ1) is 26.3. The van der Waals surface area contributed by atoms with Crippen molar-refractivity contribution in [1.82, 2.24) is 10.2 Å². The summed E-state index contributed by atoms with van der Waals surface area (Å²) in [5, 5.41) is 11.8. The molecule has 0 spiro atoms. The number of carbonyl (C=O) groups excluding carboxylic acids is 4. The minimum Gasteiger partial charge on any atom is -0.427 e. The van der Waals surface area contributed by atoms with Crippen molar-refractivity contribution >= 4 is 29.8 Å². The normalized spacial score (nSPS) is 12.8. The summed E-state index contributed by atoms with van der Waals surface area (Å²) in [6.07, 6.45) is 3.47. The van der Waals surface area contributed by atoms with Gasteiger partial charge in [-0.25, -0.2) is 0 Å². The summed E-state index contributed by atoms with van der Waals surface area (Å²) < 4.78 is 10.2. The van der Waals surface area contributed by atoms with E-state index in [9.17, 15) is 24.4 Å². The zero-order chi connectivity index (χ0) is 25.9. The molecule has 1 heterocycles. The second kappa shape index (κ2) is 13.0. The Morgan fingerprint density at radius 1 is 1.00 bits per heavy atom. The molecule has 0 unspecified atom stereocenters. The number of methoxy groups -OCH3 is 1. The quantitative estimate of drug-likeness (QED) is 0.121. The lowest BCUT2D eigenvalue weighted by atomic mass is 10.1. The van der Waals surface area contributed by atoms with E-state index in [0.29, 0.717) is 61.4 Å². The number of nitriles is 1. The van der Waals surface area contributed by atoms with Gasteiger partial charge in [0.1, 0.15) is 17.4 Å². The molecule has 0 aromatic heterocycles. The second-order valence-electron chi connectivity index (χ2n) is 8.08. The molecule has 0 atom stereocenters. The predicted octanol–water partition coefficient (Wildman–Crippen LogP) is 3.12. The summed E-state index contributed by atoms with van der Waals surface area (Å²) in [6.45, 7) is 0.953. The average Bonchev–Trinajstić information content (AvgIpc) is 3.13. The molecule has 3 amide bonds. The van der Waals surface area contributed by atoms with E-state index in [0.717, 1.165) is 0 Å². The van der Waals surface area contributed by atoms with Crippen molar-refractivity contribution in [3.8, 4) is 11.8 Å². The largest absolute Gasteiger partial charge is 0.427 e. The molecule has 1 N–H and O–H groups in total. The van der Waals surface area contributed by atoms with Crippen LogP contribution in [0.5, 0.6) is 5.75 Å². The molecule has 0 fully saturated rings. The van der Waals surface area contributed by atoms with Crippen LogP contribution in [0.15, 0.2) is 54.1 Å². The lowest BCUT2D eigenvalue weighted by Gasteiger charge is -2.13. The van der Waals surface area contributed by atoms with Gasteiger partial charge in [-0.15, -0.1) is 0 Å². The highest BCUT2D eigenvalue weighted by Gasteiger charge is 2.34. The standard InChI is InChI=1S/C27H27N3O6/c1-35-16-14-29-25(32)20(18-28)17-19-10-12-21(13-11-19)36-24(31)9-3-2-6-15-30-26(33)22-7-4-5-8-23(22)27(30)34/h4-5,7-8,10-13,17H,2-3,6,9,14-16H2,1H3,(H,29,32)/b20-17+. The van der Waals surface area contributed by atoms with Crippen LogP contribution < -0.4 is 10.1 Å². The van der Waals surface area contributed by atoms with Crippen LogP contribution in [0.1, 0.15) is 52.0 Å². The van der Waals surface area contributed by atoms with Gasteiger partial charge in [-0.3, -0.25) is 24.1 Å². The number of hydrogen-bond acceptors (Lipinski definition) is 7. The molecule has 0 bridgehead atoms. The van der Waals surface area contributed by atoms with Gasteiger partial charge >= 0.3 is 5.97 Å². The summed E-state index contributed by atoms with van der Waals surface area (Å²) in [5.74, 6) is -1.09. The Morgan fingerprint density at radius 3 is 2.28 bits per heavy atom. The average molecular weight is 490 g/mol. The van der Waals surface area contributed by atoms with Crippen LogP contribution in [0.25, 0.3) is 6.08 Å². The van der Waals surface area contributed by atoms with Crippen molar-refractivity contribution < 1.29 is 28.7 Å². The number of nitrogens with zero attached hydrogens (tertiary/aromatic N) is 2. The van der Waals surface area contributed by atoms with Crippen LogP contribution >= 0.6 is 0 Å². The van der Waals surface area contributed by atoms with Gasteiger partial charge in [-0.1, -0.05) is 30.7 Å². The summed E-state index contributed by atoms with van der Waals surface area (Å²) in [5.41, 5.74) is 1.43. The number of imide groups is 1. The van der Waals surface area contributed by atoms with E-state index in [4.69, 9.17) is 9.47 Å². The Kier molecular flexibility index (Phi) is 9.48. The highest BCUT2D eigenvalue weighted by molar-refractivity contribution is 6.21. The molecule has 9 heteroatoms. The number of unbranched alkanes of at least 4 members (excludes halogenated alkanes) is 2. The summed E-state index contributed by atoms with van der Waals surface area (Å²) >= 11 is 0. The van der Waals surface area contributed by atoms with E-state index in [-0.39, 0.29) is 23.8 Å². The lowest BCUT2D eigenvalue weighted by Crippen LogP contribution is -2.30. The maximum absolute atomic E-state index is 12.4. The molecule has 0 radical (unpaired) electrons. The number of ether oxygens (including phenoxy) is 2. The highest BCUT2D eigenvalue weighted by atomic mass is 16.5. The molecule has 0 aliphatic carbocycles.